The molecule has 1 aromatic rings. The Bertz CT molecular complexity index is 635. The average molecular weight is 340 g/mol. The molecule has 0 bridgehead atoms. The summed E-state index contributed by atoms with van der Waals surface area (Å²) in [7, 11) is -3.57. The number of nitrogens with one attached hydrogen (secondary N) is 1. The van der Waals surface area contributed by atoms with Crippen LogP contribution in [0.1, 0.15) is 50.0 Å². The third kappa shape index (κ3) is 5.04. The summed E-state index contributed by atoms with van der Waals surface area (Å²) in [5.41, 5.74) is 1.03. The number of benzene rings is 1. The smallest absolute Gasteiger partial charge is 0.251 e. The Labute approximate surface area is 140 Å². The van der Waals surface area contributed by atoms with E-state index in [2.05, 4.69) is 19.2 Å². The Balaban J connectivity index is 3.06. The molecule has 130 valence electrons. The predicted molar refractivity (Wildman–Crippen MR) is 93.1 cm³/mol. The molecule has 0 heterocycles. The highest BCUT2D eigenvalue weighted by molar-refractivity contribution is 7.89. The van der Waals surface area contributed by atoms with Crippen molar-refractivity contribution in [1.82, 2.24) is 9.62 Å². The van der Waals surface area contributed by atoms with Gasteiger partial charge >= 0.3 is 0 Å². The third-order valence-corrected chi connectivity index (χ3v) is 5.97. The molecule has 1 N–H and O–H groups in total. The van der Waals surface area contributed by atoms with E-state index in [1.54, 1.807) is 32.9 Å². The summed E-state index contributed by atoms with van der Waals surface area (Å²) in [5.74, 6) is 0.272. The van der Waals surface area contributed by atoms with Gasteiger partial charge in [-0.3, -0.25) is 4.79 Å². The normalized spacial score (nSPS) is 12.0. The zero-order valence-corrected chi connectivity index (χ0v) is 15.5. The largest absolute Gasteiger partial charge is 0.352 e. The number of nitrogens with zero attached hydrogens (tertiary/aromatic N) is 1. The Morgan fingerprint density at radius 1 is 1.22 bits per heavy atom. The Morgan fingerprint density at radius 3 is 2.35 bits per heavy atom. The van der Waals surface area contributed by atoms with Gasteiger partial charge < -0.3 is 5.32 Å². The second kappa shape index (κ2) is 8.45. The van der Waals surface area contributed by atoms with E-state index in [1.165, 1.54) is 10.4 Å². The van der Waals surface area contributed by atoms with E-state index in [0.29, 0.717) is 36.7 Å². The second-order valence-electron chi connectivity index (χ2n) is 6.01. The van der Waals surface area contributed by atoms with Crippen LogP contribution in [0.25, 0.3) is 0 Å². The monoisotopic (exact) mass is 340 g/mol. The van der Waals surface area contributed by atoms with Crippen molar-refractivity contribution in [2.75, 3.05) is 19.6 Å². The van der Waals surface area contributed by atoms with Gasteiger partial charge in [0.25, 0.3) is 5.91 Å². The van der Waals surface area contributed by atoms with E-state index < -0.39 is 10.0 Å². The molecule has 0 aliphatic rings. The number of hydrogen-bond acceptors (Lipinski definition) is 3. The zero-order valence-electron chi connectivity index (χ0n) is 14.7. The molecule has 1 amide bonds. The molecule has 0 aliphatic heterocycles. The van der Waals surface area contributed by atoms with Gasteiger partial charge in [-0.15, -0.1) is 0 Å². The van der Waals surface area contributed by atoms with Gasteiger partial charge in [0.15, 0.2) is 0 Å². The number of rotatable bonds is 8. The Kier molecular flexibility index (Phi) is 7.22. The topological polar surface area (TPSA) is 66.5 Å². The zero-order chi connectivity index (χ0) is 17.6. The molecule has 1 rings (SSSR count). The van der Waals surface area contributed by atoms with Gasteiger partial charge in [-0.2, -0.15) is 4.31 Å². The summed E-state index contributed by atoms with van der Waals surface area (Å²) in [6.45, 7) is 10.9. The van der Waals surface area contributed by atoms with Crippen molar-refractivity contribution >= 4 is 15.9 Å². The first-order chi connectivity index (χ1) is 10.7. The summed E-state index contributed by atoms with van der Waals surface area (Å²) in [6, 6.07) is 4.84. The van der Waals surface area contributed by atoms with E-state index in [-0.39, 0.29) is 10.8 Å². The van der Waals surface area contributed by atoms with Crippen molar-refractivity contribution in [2.24, 2.45) is 5.92 Å². The van der Waals surface area contributed by atoms with Gasteiger partial charge in [0.05, 0.1) is 4.90 Å². The van der Waals surface area contributed by atoms with Crippen LogP contribution in [-0.4, -0.2) is 38.3 Å². The maximum Gasteiger partial charge on any atom is 0.251 e. The lowest BCUT2D eigenvalue weighted by Crippen LogP contribution is -2.31. The van der Waals surface area contributed by atoms with Gasteiger partial charge in [0.2, 0.25) is 10.0 Å². The molecule has 0 aliphatic carbocycles. The maximum absolute atomic E-state index is 12.7. The second-order valence-corrected chi connectivity index (χ2v) is 7.91. The highest BCUT2D eigenvalue weighted by Crippen LogP contribution is 2.21. The minimum atomic E-state index is -3.57. The molecule has 0 saturated heterocycles. The SMILES string of the molecule is CCN(CC)S(=O)(=O)c1cc(C(=O)NCCC(C)C)ccc1C. The van der Waals surface area contributed by atoms with E-state index in [0.717, 1.165) is 6.42 Å². The van der Waals surface area contributed by atoms with E-state index in [4.69, 9.17) is 0 Å². The van der Waals surface area contributed by atoms with E-state index in [1.807, 2.05) is 0 Å². The van der Waals surface area contributed by atoms with Gasteiger partial charge in [-0.1, -0.05) is 33.8 Å². The van der Waals surface area contributed by atoms with Crippen molar-refractivity contribution < 1.29 is 13.2 Å². The summed E-state index contributed by atoms with van der Waals surface area (Å²) in [4.78, 5) is 12.4. The number of carbonyl (C=O) groups is 1. The van der Waals surface area contributed by atoms with Crippen LogP contribution in [0.5, 0.6) is 0 Å². The molecule has 23 heavy (non-hydrogen) atoms. The van der Waals surface area contributed by atoms with Crippen LogP contribution in [0.15, 0.2) is 23.1 Å². The minimum absolute atomic E-state index is 0.206. The standard InChI is InChI=1S/C17H28N2O3S/c1-6-19(7-2)23(21,22)16-12-15(9-8-14(16)5)17(20)18-11-10-13(3)4/h8-9,12-13H,6-7,10-11H2,1-5H3,(H,18,20). The lowest BCUT2D eigenvalue weighted by atomic mass is 10.1. The van der Waals surface area contributed by atoms with Crippen molar-refractivity contribution in [2.45, 2.75) is 45.9 Å². The predicted octanol–water partition coefficient (Wildman–Crippen LogP) is 2.80. The molecule has 5 nitrogen and oxygen atoms in total. The van der Waals surface area contributed by atoms with Gasteiger partial charge in [0.1, 0.15) is 0 Å². The fraction of sp³-hybridized carbons (Fsp3) is 0.588. The van der Waals surface area contributed by atoms with Gasteiger partial charge in [-0.05, 0) is 37.0 Å². The first kappa shape index (κ1) is 19.6. The van der Waals surface area contributed by atoms with Crippen LogP contribution in [-0.2, 0) is 10.0 Å². The Hall–Kier alpha value is -1.40. The molecule has 0 aromatic heterocycles. The summed E-state index contributed by atoms with van der Waals surface area (Å²) in [5, 5.41) is 2.84. The molecular formula is C17H28N2O3S. The third-order valence-electron chi connectivity index (χ3n) is 3.78. The molecule has 0 spiro atoms. The van der Waals surface area contributed by atoms with Crippen LogP contribution in [0.4, 0.5) is 0 Å². The van der Waals surface area contributed by atoms with Crippen molar-refractivity contribution in [1.29, 1.82) is 0 Å². The molecule has 0 saturated carbocycles. The van der Waals surface area contributed by atoms with Crippen molar-refractivity contribution in [3.63, 3.8) is 0 Å². The fourth-order valence-electron chi connectivity index (χ4n) is 2.30. The quantitative estimate of drug-likeness (QED) is 0.791. The Morgan fingerprint density at radius 2 is 1.83 bits per heavy atom. The first-order valence-corrected chi connectivity index (χ1v) is 9.57. The van der Waals surface area contributed by atoms with Crippen LogP contribution in [0, 0.1) is 12.8 Å². The first-order valence-electron chi connectivity index (χ1n) is 8.13. The summed E-state index contributed by atoms with van der Waals surface area (Å²) >= 11 is 0. The lowest BCUT2D eigenvalue weighted by molar-refractivity contribution is 0.0952. The molecule has 0 fully saturated rings. The molecule has 1 aromatic carbocycles. The number of sulfonamides is 1. The van der Waals surface area contributed by atoms with Crippen LogP contribution >= 0.6 is 0 Å². The number of hydrogen-bond donors (Lipinski definition) is 1. The van der Waals surface area contributed by atoms with E-state index >= 15 is 0 Å². The lowest BCUT2D eigenvalue weighted by Gasteiger charge is -2.20. The molecule has 0 atom stereocenters. The highest BCUT2D eigenvalue weighted by Gasteiger charge is 2.24. The number of amides is 1. The van der Waals surface area contributed by atoms with Crippen molar-refractivity contribution in [3.05, 3.63) is 29.3 Å². The van der Waals surface area contributed by atoms with Crippen LogP contribution < -0.4 is 5.32 Å². The van der Waals surface area contributed by atoms with E-state index in [9.17, 15) is 13.2 Å². The summed E-state index contributed by atoms with van der Waals surface area (Å²) < 4.78 is 26.8. The fourth-order valence-corrected chi connectivity index (χ4v) is 4.01. The van der Waals surface area contributed by atoms with Crippen LogP contribution in [0.3, 0.4) is 0 Å². The molecule has 6 heteroatoms. The molecular weight excluding hydrogens is 312 g/mol. The molecule has 0 radical (unpaired) electrons. The number of carbonyl (C=O) groups excluding carboxylic acids is 1. The van der Waals surface area contributed by atoms with Crippen molar-refractivity contribution in [3.8, 4) is 0 Å². The van der Waals surface area contributed by atoms with Gasteiger partial charge in [-0.25, -0.2) is 8.42 Å². The maximum atomic E-state index is 12.7. The minimum Gasteiger partial charge on any atom is -0.352 e. The highest BCUT2D eigenvalue weighted by atomic mass is 32.2. The van der Waals surface area contributed by atoms with Gasteiger partial charge in [0, 0.05) is 25.2 Å². The number of aryl methyl sites for hydroxylation is 1. The summed E-state index contributed by atoms with van der Waals surface area (Å²) in [6.07, 6.45) is 0.891. The van der Waals surface area contributed by atoms with Crippen LogP contribution in [0.2, 0.25) is 0 Å². The molecule has 0 unspecified atom stereocenters. The average Bonchev–Trinajstić information content (AvgIpc) is 2.47.